The van der Waals surface area contributed by atoms with E-state index in [2.05, 4.69) is 20.2 Å². The summed E-state index contributed by atoms with van der Waals surface area (Å²) in [6.45, 7) is 0. The normalized spacial score (nSPS) is 15.3. The van der Waals surface area contributed by atoms with E-state index in [0.717, 1.165) is 34.9 Å². The molecule has 0 amide bonds. The van der Waals surface area contributed by atoms with Crippen LogP contribution in [-0.2, 0) is 6.42 Å². The minimum Gasteiger partial charge on any atom is -0.442 e. The Labute approximate surface area is 103 Å². The van der Waals surface area contributed by atoms with Gasteiger partial charge in [0, 0.05) is 11.6 Å². The van der Waals surface area contributed by atoms with Crippen molar-refractivity contribution in [3.8, 4) is 11.5 Å². The van der Waals surface area contributed by atoms with Gasteiger partial charge < -0.3 is 4.42 Å². The summed E-state index contributed by atoms with van der Waals surface area (Å²) in [5, 5.41) is 8.17. The van der Waals surface area contributed by atoms with Crippen LogP contribution >= 0.6 is 0 Å². The first kappa shape index (κ1) is 9.82. The molecule has 0 spiro atoms. The van der Waals surface area contributed by atoms with Gasteiger partial charge >= 0.3 is 0 Å². The summed E-state index contributed by atoms with van der Waals surface area (Å²) in [5.74, 6) is 1.58. The van der Waals surface area contributed by atoms with Crippen LogP contribution in [0.3, 0.4) is 0 Å². The van der Waals surface area contributed by atoms with Gasteiger partial charge in [-0.25, -0.2) is 9.97 Å². The molecule has 3 aromatic rings. The number of rotatable bonds is 3. The second kappa shape index (κ2) is 3.66. The van der Waals surface area contributed by atoms with Crippen LogP contribution in [0.15, 0.2) is 29.1 Å². The SMILES string of the molecule is c1cnc2n[nH]c(-c3ocnc3CC3CC3)c2c1. The van der Waals surface area contributed by atoms with Crippen molar-refractivity contribution >= 4 is 11.0 Å². The molecule has 0 atom stereocenters. The molecule has 5 nitrogen and oxygen atoms in total. The molecule has 1 aliphatic carbocycles. The molecule has 5 heteroatoms. The summed E-state index contributed by atoms with van der Waals surface area (Å²) < 4.78 is 5.54. The lowest BCUT2D eigenvalue weighted by molar-refractivity contribution is 0.568. The first-order chi connectivity index (χ1) is 8.92. The van der Waals surface area contributed by atoms with Gasteiger partial charge in [0.2, 0.25) is 0 Å². The molecule has 1 saturated carbocycles. The maximum absolute atomic E-state index is 5.54. The number of pyridine rings is 1. The Morgan fingerprint density at radius 2 is 2.28 bits per heavy atom. The molecule has 0 saturated heterocycles. The van der Waals surface area contributed by atoms with E-state index in [1.54, 1.807) is 6.20 Å². The fourth-order valence-electron chi connectivity index (χ4n) is 2.24. The summed E-state index contributed by atoms with van der Waals surface area (Å²) in [5.41, 5.74) is 2.61. The van der Waals surface area contributed by atoms with Crippen molar-refractivity contribution in [3.63, 3.8) is 0 Å². The van der Waals surface area contributed by atoms with Gasteiger partial charge in [-0.15, -0.1) is 0 Å². The average molecular weight is 240 g/mol. The molecule has 3 aromatic heterocycles. The first-order valence-corrected chi connectivity index (χ1v) is 6.13. The molecule has 90 valence electrons. The zero-order valence-electron chi connectivity index (χ0n) is 9.76. The molecular formula is C13H12N4O. The van der Waals surface area contributed by atoms with Crippen molar-refractivity contribution in [2.24, 2.45) is 5.92 Å². The standard InChI is InChI=1S/C13H12N4O/c1-2-9-11(16-17-13(9)14-5-1)12-10(15-7-18-12)6-8-3-4-8/h1-2,5,7-8H,3-4,6H2,(H,14,16,17). The second-order valence-electron chi connectivity index (χ2n) is 4.75. The van der Waals surface area contributed by atoms with E-state index in [0.29, 0.717) is 5.65 Å². The number of oxazole rings is 1. The van der Waals surface area contributed by atoms with Gasteiger partial charge in [-0.1, -0.05) is 0 Å². The summed E-state index contributed by atoms with van der Waals surface area (Å²) >= 11 is 0. The first-order valence-electron chi connectivity index (χ1n) is 6.13. The summed E-state index contributed by atoms with van der Waals surface area (Å²) in [6.07, 6.45) is 6.84. The highest BCUT2D eigenvalue weighted by Gasteiger charge is 2.26. The highest BCUT2D eigenvalue weighted by Crippen LogP contribution is 2.36. The van der Waals surface area contributed by atoms with Crippen molar-refractivity contribution in [2.75, 3.05) is 0 Å². The molecule has 0 aromatic carbocycles. The molecule has 0 radical (unpaired) electrons. The molecule has 0 unspecified atom stereocenters. The molecule has 1 aliphatic rings. The molecule has 3 heterocycles. The van der Waals surface area contributed by atoms with Crippen molar-refractivity contribution in [3.05, 3.63) is 30.4 Å². The zero-order chi connectivity index (χ0) is 11.9. The third kappa shape index (κ3) is 1.51. The average Bonchev–Trinajstić information content (AvgIpc) is 2.93. The number of aromatic nitrogens is 4. The highest BCUT2D eigenvalue weighted by atomic mass is 16.3. The van der Waals surface area contributed by atoms with Gasteiger partial charge in [0.25, 0.3) is 0 Å². The third-order valence-corrected chi connectivity index (χ3v) is 3.38. The lowest BCUT2D eigenvalue weighted by Gasteiger charge is -1.97. The van der Waals surface area contributed by atoms with Crippen LogP contribution in [0.2, 0.25) is 0 Å². The van der Waals surface area contributed by atoms with Gasteiger partial charge in [-0.05, 0) is 37.3 Å². The van der Waals surface area contributed by atoms with Gasteiger partial charge in [0.05, 0.1) is 5.69 Å². The fraction of sp³-hybridized carbons (Fsp3) is 0.308. The second-order valence-corrected chi connectivity index (χ2v) is 4.75. The van der Waals surface area contributed by atoms with E-state index in [-0.39, 0.29) is 0 Å². The van der Waals surface area contributed by atoms with Gasteiger partial charge in [-0.3, -0.25) is 5.10 Å². The van der Waals surface area contributed by atoms with Crippen LogP contribution < -0.4 is 0 Å². The zero-order valence-corrected chi connectivity index (χ0v) is 9.76. The third-order valence-electron chi connectivity index (χ3n) is 3.38. The number of H-pyrrole nitrogens is 1. The minimum atomic E-state index is 0.710. The lowest BCUT2D eigenvalue weighted by Crippen LogP contribution is -1.90. The van der Waals surface area contributed by atoms with Gasteiger partial charge in [0.1, 0.15) is 5.69 Å². The highest BCUT2D eigenvalue weighted by molar-refractivity contribution is 5.89. The molecule has 1 fully saturated rings. The van der Waals surface area contributed by atoms with E-state index in [9.17, 15) is 0 Å². The summed E-state index contributed by atoms with van der Waals surface area (Å²) in [4.78, 5) is 8.53. The van der Waals surface area contributed by atoms with E-state index in [4.69, 9.17) is 4.42 Å². The van der Waals surface area contributed by atoms with Crippen LogP contribution in [0.4, 0.5) is 0 Å². The topological polar surface area (TPSA) is 67.6 Å². The Balaban J connectivity index is 1.84. The smallest absolute Gasteiger partial charge is 0.181 e. The number of hydrogen-bond acceptors (Lipinski definition) is 4. The molecule has 0 bridgehead atoms. The maximum Gasteiger partial charge on any atom is 0.181 e. The maximum atomic E-state index is 5.54. The van der Waals surface area contributed by atoms with E-state index in [1.807, 2.05) is 12.1 Å². The summed E-state index contributed by atoms with van der Waals surface area (Å²) in [7, 11) is 0. The number of aromatic amines is 1. The predicted molar refractivity (Wildman–Crippen MR) is 65.8 cm³/mol. The van der Waals surface area contributed by atoms with Crippen molar-refractivity contribution in [1.29, 1.82) is 0 Å². The van der Waals surface area contributed by atoms with Crippen LogP contribution in [0.1, 0.15) is 18.5 Å². The molecule has 0 aliphatic heterocycles. The Morgan fingerprint density at radius 3 is 3.17 bits per heavy atom. The van der Waals surface area contributed by atoms with Crippen LogP contribution in [-0.4, -0.2) is 20.2 Å². The number of nitrogens with one attached hydrogen (secondary N) is 1. The monoisotopic (exact) mass is 240 g/mol. The quantitative estimate of drug-likeness (QED) is 0.764. The van der Waals surface area contributed by atoms with Gasteiger partial charge in [-0.2, -0.15) is 5.10 Å². The number of nitrogens with zero attached hydrogens (tertiary/aromatic N) is 3. The molecular weight excluding hydrogens is 228 g/mol. The minimum absolute atomic E-state index is 0.710. The van der Waals surface area contributed by atoms with Crippen molar-refractivity contribution in [1.82, 2.24) is 20.2 Å². The van der Waals surface area contributed by atoms with E-state index < -0.39 is 0 Å². The predicted octanol–water partition coefficient (Wildman–Crippen LogP) is 2.57. The Kier molecular flexibility index (Phi) is 2.00. The molecule has 4 rings (SSSR count). The van der Waals surface area contributed by atoms with Crippen LogP contribution in [0.5, 0.6) is 0 Å². The van der Waals surface area contributed by atoms with Crippen molar-refractivity contribution < 1.29 is 4.42 Å². The Bertz CT molecular complexity index is 696. The van der Waals surface area contributed by atoms with Crippen LogP contribution in [0.25, 0.3) is 22.5 Å². The van der Waals surface area contributed by atoms with Crippen molar-refractivity contribution in [2.45, 2.75) is 19.3 Å². The largest absolute Gasteiger partial charge is 0.442 e. The van der Waals surface area contributed by atoms with Gasteiger partial charge in [0.15, 0.2) is 17.8 Å². The lowest BCUT2D eigenvalue weighted by atomic mass is 10.1. The Hall–Kier alpha value is -2.17. The fourth-order valence-corrected chi connectivity index (χ4v) is 2.24. The molecule has 1 N–H and O–H groups in total. The molecule has 18 heavy (non-hydrogen) atoms. The number of hydrogen-bond donors (Lipinski definition) is 1. The Morgan fingerprint density at radius 1 is 1.33 bits per heavy atom. The van der Waals surface area contributed by atoms with Crippen LogP contribution in [0, 0.1) is 5.92 Å². The number of fused-ring (bicyclic) bond motifs is 1. The summed E-state index contributed by atoms with van der Waals surface area (Å²) in [6, 6.07) is 3.89. The van der Waals surface area contributed by atoms with E-state index >= 15 is 0 Å². The van der Waals surface area contributed by atoms with E-state index in [1.165, 1.54) is 19.2 Å².